The molecule has 1 amide bonds. The van der Waals surface area contributed by atoms with Crippen molar-refractivity contribution in [3.8, 4) is 22.5 Å². The van der Waals surface area contributed by atoms with Gasteiger partial charge in [-0.25, -0.2) is 24.0 Å². The van der Waals surface area contributed by atoms with Gasteiger partial charge in [-0.05, 0) is 71.8 Å². The third-order valence-electron chi connectivity index (χ3n) is 10.1. The number of H-pyrrole nitrogens is 2. The molecule has 0 saturated carbocycles. The second kappa shape index (κ2) is 19.9. The van der Waals surface area contributed by atoms with Crippen LogP contribution >= 0.6 is 0 Å². The summed E-state index contributed by atoms with van der Waals surface area (Å²) in [4.78, 5) is 47.3. The van der Waals surface area contributed by atoms with Crippen LogP contribution in [0.15, 0.2) is 156 Å². The fraction of sp³-hybridized carbons (Fsp3) is 0.0638. The highest BCUT2D eigenvalue weighted by Crippen LogP contribution is 2.31. The van der Waals surface area contributed by atoms with Gasteiger partial charge in [0.2, 0.25) is 0 Å². The van der Waals surface area contributed by atoms with E-state index in [1.807, 2.05) is 42.5 Å². The molecule has 10 aromatic rings. The molecule has 18 heteroatoms. The van der Waals surface area contributed by atoms with Crippen LogP contribution in [0.25, 0.3) is 55.1 Å². The van der Waals surface area contributed by atoms with E-state index >= 15 is 0 Å². The molecule has 0 unspecified atom stereocenters. The predicted octanol–water partition coefficient (Wildman–Crippen LogP) is 6.27. The maximum absolute atomic E-state index is 12.8. The van der Waals surface area contributed by atoms with Crippen molar-refractivity contribution in [1.29, 1.82) is 0 Å². The number of carbonyl (C=O) groups is 2. The maximum atomic E-state index is 12.8. The third-order valence-corrected chi connectivity index (χ3v) is 10.1. The van der Waals surface area contributed by atoms with E-state index in [2.05, 4.69) is 35.9 Å². The lowest BCUT2D eigenvalue weighted by Crippen LogP contribution is -2.12. The summed E-state index contributed by atoms with van der Waals surface area (Å²) < 4.78 is 18.7. The molecule has 326 valence electrons. The fourth-order valence-corrected chi connectivity index (χ4v) is 7.06. The fourth-order valence-electron chi connectivity index (χ4n) is 7.06. The lowest BCUT2D eigenvalue weighted by molar-refractivity contribution is 0.0698. The summed E-state index contributed by atoms with van der Waals surface area (Å²) in [6.07, 6.45) is 6.34. The number of nitrogens with one attached hydrogen (secondary N) is 3. The Balaban J connectivity index is 0.000000158. The zero-order valence-corrected chi connectivity index (χ0v) is 34.1. The quantitative estimate of drug-likeness (QED) is 0.0875. The number of benzene rings is 4. The molecule has 0 aliphatic rings. The first-order valence-corrected chi connectivity index (χ1v) is 19.5. The number of nitrogens with two attached hydrogens (primary N) is 1. The smallest absolute Gasteiger partial charge is 0.339 e. The number of carbonyl (C=O) groups excluding carboxylic acids is 1. The lowest BCUT2D eigenvalue weighted by Gasteiger charge is -2.12. The Kier molecular flexibility index (Phi) is 13.1. The number of carboxylic acids is 1. The molecule has 0 saturated heterocycles. The van der Waals surface area contributed by atoms with E-state index in [1.165, 1.54) is 16.9 Å². The van der Waals surface area contributed by atoms with Crippen LogP contribution in [0.4, 0.5) is 15.8 Å². The summed E-state index contributed by atoms with van der Waals surface area (Å²) in [7, 11) is -1.00. The molecule has 10 rings (SSSR count). The number of pyridine rings is 2. The van der Waals surface area contributed by atoms with Gasteiger partial charge < -0.3 is 26.4 Å². The van der Waals surface area contributed by atoms with Gasteiger partial charge in [0.05, 0.1) is 72.9 Å². The number of fused-ring (bicyclic) bond motifs is 4. The number of halogens is 1. The number of nitrogen functional groups attached to an aromatic ring is 1. The molecule has 6 heterocycles. The normalized spacial score (nSPS) is 10.8. The van der Waals surface area contributed by atoms with Crippen LogP contribution in [0, 0.1) is 0 Å². The minimum Gasteiger partial charge on any atom is -0.478 e. The Bertz CT molecular complexity index is 3480. The van der Waals surface area contributed by atoms with Crippen molar-refractivity contribution < 1.29 is 30.7 Å². The molecule has 4 aromatic carbocycles. The van der Waals surface area contributed by atoms with E-state index in [-0.39, 0.29) is 35.8 Å². The minimum atomic E-state index is -1.00. The van der Waals surface area contributed by atoms with Crippen molar-refractivity contribution in [2.75, 3.05) is 18.2 Å². The topological polar surface area (TPSA) is 259 Å². The molecular formula is C47H39FN10O7. The number of aliphatic hydroxyl groups is 2. The number of anilines is 2. The Morgan fingerprint density at radius 3 is 1.66 bits per heavy atom. The van der Waals surface area contributed by atoms with Gasteiger partial charge in [0.1, 0.15) is 5.56 Å². The van der Waals surface area contributed by atoms with Crippen LogP contribution in [-0.4, -0.2) is 74.0 Å². The van der Waals surface area contributed by atoms with Gasteiger partial charge in [-0.15, -0.1) is 0 Å². The van der Waals surface area contributed by atoms with Gasteiger partial charge in [0.15, 0.2) is 0 Å². The summed E-state index contributed by atoms with van der Waals surface area (Å²) >= 11 is 0. The van der Waals surface area contributed by atoms with Gasteiger partial charge in [0, 0.05) is 45.7 Å². The third kappa shape index (κ3) is 9.33. The van der Waals surface area contributed by atoms with Gasteiger partial charge >= 0.3 is 5.97 Å². The molecule has 0 atom stereocenters. The molecule has 17 nitrogen and oxygen atoms in total. The molecule has 0 spiro atoms. The number of carboxylic acid groups (broad SMARTS) is 1. The molecule has 0 aliphatic carbocycles. The highest BCUT2D eigenvalue weighted by atomic mass is 19.1. The Labute approximate surface area is 368 Å². The number of amides is 1. The van der Waals surface area contributed by atoms with Gasteiger partial charge in [-0.1, -0.05) is 60.7 Å². The van der Waals surface area contributed by atoms with Crippen molar-refractivity contribution in [1.82, 2.24) is 39.6 Å². The van der Waals surface area contributed by atoms with Crippen LogP contribution in [0.1, 0.15) is 33.2 Å². The van der Waals surface area contributed by atoms with Crippen LogP contribution < -0.4 is 22.2 Å². The average Bonchev–Trinajstić information content (AvgIpc) is 3.99. The molecule has 0 bridgehead atoms. The van der Waals surface area contributed by atoms with Gasteiger partial charge in [-0.2, -0.15) is 20.4 Å². The van der Waals surface area contributed by atoms with Crippen LogP contribution in [0.2, 0.25) is 0 Å². The van der Waals surface area contributed by atoms with Crippen molar-refractivity contribution in [2.24, 2.45) is 0 Å². The number of alkyl halides is 1. The van der Waals surface area contributed by atoms with E-state index in [0.717, 1.165) is 10.9 Å². The summed E-state index contributed by atoms with van der Waals surface area (Å²) in [6.45, 7) is -0.402. The number of hydrogen-bond donors (Lipinski definition) is 7. The number of nitrogens with zero attached hydrogens (tertiary/aromatic N) is 6. The highest BCUT2D eigenvalue weighted by molar-refractivity contribution is 6.09. The van der Waals surface area contributed by atoms with E-state index in [0.29, 0.717) is 72.2 Å². The van der Waals surface area contributed by atoms with Crippen molar-refractivity contribution >= 4 is 55.8 Å². The van der Waals surface area contributed by atoms with Crippen LogP contribution in [0.5, 0.6) is 0 Å². The van der Waals surface area contributed by atoms with E-state index < -0.39 is 13.1 Å². The molecule has 65 heavy (non-hydrogen) atoms. The first-order valence-electron chi connectivity index (χ1n) is 20.2. The highest BCUT2D eigenvalue weighted by Gasteiger charge is 2.17. The van der Waals surface area contributed by atoms with E-state index in [4.69, 9.17) is 12.2 Å². The monoisotopic (exact) mass is 875 g/mol. The zero-order valence-electron chi connectivity index (χ0n) is 35.1. The Hall–Kier alpha value is -8.87. The van der Waals surface area contributed by atoms with Gasteiger partial charge in [0.25, 0.3) is 17.0 Å². The van der Waals surface area contributed by atoms with Crippen LogP contribution in [-0.2, 0) is 13.2 Å². The average molecular weight is 876 g/mol. The first kappa shape index (κ1) is 42.8. The zero-order chi connectivity index (χ0) is 46.7. The van der Waals surface area contributed by atoms with E-state index in [1.54, 1.807) is 95.8 Å². The summed E-state index contributed by atoms with van der Waals surface area (Å²) in [5.41, 5.74) is 12.2. The predicted molar refractivity (Wildman–Crippen MR) is 244 cm³/mol. The number of hydrogen-bond acceptors (Lipinski definition) is 11. The second-order valence-electron chi connectivity index (χ2n) is 13.9. The summed E-state index contributed by atoms with van der Waals surface area (Å²) in [6, 6.07) is 35.6. The first-order chi connectivity index (χ1) is 32.1. The number of rotatable bonds is 7. The number of aromatic carboxylic acids is 1. The minimum absolute atomic E-state index is 0.143. The second-order valence-corrected chi connectivity index (χ2v) is 13.9. The number of aliphatic hydroxyl groups excluding tert-OH is 2. The lowest BCUT2D eigenvalue weighted by atomic mass is 9.99. The maximum Gasteiger partial charge on any atom is 0.339 e. The number of aromatic amines is 2. The molecule has 8 N–H and O–H groups in total. The van der Waals surface area contributed by atoms with Crippen molar-refractivity contribution in [3.05, 3.63) is 189 Å². The van der Waals surface area contributed by atoms with E-state index in [9.17, 15) is 33.8 Å². The Morgan fingerprint density at radius 1 is 0.677 bits per heavy atom. The van der Waals surface area contributed by atoms with Crippen molar-refractivity contribution in [3.63, 3.8) is 0 Å². The largest absolute Gasteiger partial charge is 0.478 e. The summed E-state index contributed by atoms with van der Waals surface area (Å²) in [5, 5.41) is 54.9. The Morgan fingerprint density at radius 2 is 1.14 bits per heavy atom. The standard InChI is InChI=1S/C23H17N5O3.C15H13N3O2.C8H6N2O2.CH3F/c29-13-14-11-15(25-22(30)19-12-24-28-10-4-3-7-20(19)28)8-9-16(14)21-17-5-1-2-6-18(17)23(31)27-26-21;16-10-5-6-11(9(7-10)8-19)14-12-3-1-2-4-13(12)15(20)18-17-14;11-8(12)6-5-9-10-4-2-1-3-7(6)10;1-2/h1-12,29H,13H2,(H,25,30)(H,27,31);1-7,19H,8,16H2,(H,18,20);1-5H,(H,11,12);1H3/i;;;1D. The molecule has 0 aliphatic heterocycles. The molecule has 0 fully saturated rings. The number of aromatic nitrogens is 8. The van der Waals surface area contributed by atoms with Crippen LogP contribution in [0.3, 0.4) is 0 Å². The molecule has 6 aromatic heterocycles. The van der Waals surface area contributed by atoms with Gasteiger partial charge in [-0.3, -0.25) is 18.8 Å². The molecule has 0 radical (unpaired) electrons. The van der Waals surface area contributed by atoms with Crippen molar-refractivity contribution in [2.45, 2.75) is 13.2 Å². The molecular weight excluding hydrogens is 836 g/mol. The summed E-state index contributed by atoms with van der Waals surface area (Å²) in [5.74, 6) is -1.25. The SMILES string of the molecule is Nc1ccc(-c2n[nH]c(=O)c3ccccc23)c(CO)c1.O=C(Nc1ccc(-c2n[nH]c(=O)c3ccccc23)c(CO)c1)c1cnn2ccccc12.O=C(O)c1cnn2ccccc12.[2H]CF.